The average Bonchev–Trinajstić information content (AvgIpc) is 2.32. The largest absolute Gasteiger partial charge is 0.495 e. The minimum Gasteiger partial charge on any atom is -0.495 e. The van der Waals surface area contributed by atoms with Crippen LogP contribution in [0.1, 0.15) is 11.1 Å². The van der Waals surface area contributed by atoms with E-state index in [1.807, 2.05) is 6.07 Å². The van der Waals surface area contributed by atoms with E-state index in [0.717, 1.165) is 0 Å². The first-order valence-electron chi connectivity index (χ1n) is 5.07. The van der Waals surface area contributed by atoms with E-state index in [4.69, 9.17) is 10.00 Å². The van der Waals surface area contributed by atoms with Gasteiger partial charge in [-0.1, -0.05) is 6.08 Å². The van der Waals surface area contributed by atoms with Crippen molar-refractivity contribution in [3.05, 3.63) is 44.4 Å². The van der Waals surface area contributed by atoms with E-state index in [1.165, 1.54) is 13.2 Å². The zero-order valence-electron chi connectivity index (χ0n) is 9.77. The Bertz CT molecular complexity index is 535. The number of methoxy groups -OCH3 is 1. The maximum Gasteiger partial charge on any atom is 0.275 e. The maximum atomic E-state index is 11.0. The second-order valence-corrected chi connectivity index (χ2v) is 4.31. The first-order valence-corrected chi connectivity index (χ1v) is 5.86. The second kappa shape index (κ2) is 6.17. The van der Waals surface area contributed by atoms with Gasteiger partial charge in [-0.2, -0.15) is 5.26 Å². The minimum absolute atomic E-state index is 0.0386. The Morgan fingerprint density at radius 1 is 1.67 bits per heavy atom. The van der Waals surface area contributed by atoms with E-state index in [1.54, 1.807) is 6.08 Å². The zero-order valence-corrected chi connectivity index (χ0v) is 11.4. The third kappa shape index (κ3) is 2.68. The summed E-state index contributed by atoms with van der Waals surface area (Å²) in [5, 5.41) is 19.8. The normalized spacial score (nSPS) is 9.61. The van der Waals surface area contributed by atoms with Crippen LogP contribution in [0.3, 0.4) is 0 Å². The highest BCUT2D eigenvalue weighted by Crippen LogP contribution is 2.38. The summed E-state index contributed by atoms with van der Waals surface area (Å²) in [7, 11) is 1.48. The van der Waals surface area contributed by atoms with E-state index < -0.39 is 4.92 Å². The van der Waals surface area contributed by atoms with Gasteiger partial charge in [0.1, 0.15) is 5.75 Å². The molecule has 1 aromatic rings. The highest BCUT2D eigenvalue weighted by Gasteiger charge is 2.23. The van der Waals surface area contributed by atoms with Crippen LogP contribution >= 0.6 is 15.9 Å². The molecule has 0 aliphatic heterocycles. The number of benzene rings is 1. The van der Waals surface area contributed by atoms with Gasteiger partial charge in [0.05, 0.1) is 34.6 Å². The number of halogens is 1. The predicted molar refractivity (Wildman–Crippen MR) is 70.6 cm³/mol. The van der Waals surface area contributed by atoms with Crippen LogP contribution in [0.15, 0.2) is 23.2 Å². The standard InChI is InChI=1S/C12H11BrN2O3/c1-3-4-9-8(5-6-14)11(15(16)17)7-10(13)12(9)18-2/h3,7H,1,4-5H2,2H3. The molecule has 6 heteroatoms. The number of nitro groups is 1. The molecule has 0 radical (unpaired) electrons. The van der Waals surface area contributed by atoms with Crippen molar-refractivity contribution in [2.24, 2.45) is 0 Å². The number of nitro benzene ring substituents is 1. The summed E-state index contributed by atoms with van der Waals surface area (Å²) in [5.74, 6) is 0.505. The van der Waals surface area contributed by atoms with Crippen molar-refractivity contribution in [2.45, 2.75) is 12.8 Å². The Kier molecular flexibility index (Phi) is 4.86. The van der Waals surface area contributed by atoms with Crippen LogP contribution in [0, 0.1) is 21.4 Å². The first kappa shape index (κ1) is 14.2. The van der Waals surface area contributed by atoms with E-state index in [0.29, 0.717) is 27.8 Å². The lowest BCUT2D eigenvalue weighted by Gasteiger charge is -2.13. The molecule has 0 aliphatic carbocycles. The van der Waals surface area contributed by atoms with Crippen LogP contribution in [0.4, 0.5) is 5.69 Å². The first-order chi connectivity index (χ1) is 8.56. The SMILES string of the molecule is C=CCc1c(CC#N)c([N+](=O)[O-])cc(Br)c1OC. The molecule has 0 atom stereocenters. The quantitative estimate of drug-likeness (QED) is 0.475. The molecule has 0 heterocycles. The lowest BCUT2D eigenvalue weighted by molar-refractivity contribution is -0.385. The molecule has 0 unspecified atom stereocenters. The van der Waals surface area contributed by atoms with Crippen LogP contribution < -0.4 is 4.74 Å². The number of hydrogen-bond acceptors (Lipinski definition) is 4. The van der Waals surface area contributed by atoms with Gasteiger partial charge < -0.3 is 4.74 Å². The molecule has 5 nitrogen and oxygen atoms in total. The van der Waals surface area contributed by atoms with E-state index in [2.05, 4.69) is 22.5 Å². The smallest absolute Gasteiger partial charge is 0.275 e. The highest BCUT2D eigenvalue weighted by molar-refractivity contribution is 9.10. The summed E-state index contributed by atoms with van der Waals surface area (Å²) >= 11 is 3.24. The van der Waals surface area contributed by atoms with Gasteiger partial charge in [0.2, 0.25) is 0 Å². The molecule has 0 saturated carbocycles. The average molecular weight is 311 g/mol. The van der Waals surface area contributed by atoms with Gasteiger partial charge in [0.15, 0.2) is 0 Å². The van der Waals surface area contributed by atoms with Crippen molar-refractivity contribution in [3.8, 4) is 11.8 Å². The Labute approximate surface area is 113 Å². The van der Waals surface area contributed by atoms with Crippen LogP contribution in [0.5, 0.6) is 5.75 Å². The van der Waals surface area contributed by atoms with Crippen molar-refractivity contribution in [1.82, 2.24) is 0 Å². The fourth-order valence-electron chi connectivity index (χ4n) is 1.73. The number of nitrogens with zero attached hydrogens (tertiary/aromatic N) is 2. The molecule has 1 rings (SSSR count). The Morgan fingerprint density at radius 2 is 2.33 bits per heavy atom. The number of allylic oxidation sites excluding steroid dienone is 1. The summed E-state index contributed by atoms with van der Waals surface area (Å²) in [6.07, 6.45) is 1.98. The Hall–Kier alpha value is -1.87. The van der Waals surface area contributed by atoms with Crippen LogP contribution in [-0.2, 0) is 12.8 Å². The maximum absolute atomic E-state index is 11.0. The molecule has 0 fully saturated rings. The predicted octanol–water partition coefficient (Wildman–Crippen LogP) is 3.16. The van der Waals surface area contributed by atoms with Gasteiger partial charge in [0.25, 0.3) is 5.69 Å². The molecule has 94 valence electrons. The van der Waals surface area contributed by atoms with Gasteiger partial charge in [-0.05, 0) is 22.4 Å². The lowest BCUT2D eigenvalue weighted by atomic mass is 9.99. The minimum atomic E-state index is -0.497. The molecule has 18 heavy (non-hydrogen) atoms. The van der Waals surface area contributed by atoms with Gasteiger partial charge in [-0.15, -0.1) is 6.58 Å². The van der Waals surface area contributed by atoms with Crippen molar-refractivity contribution in [1.29, 1.82) is 5.26 Å². The third-order valence-electron chi connectivity index (χ3n) is 2.43. The Morgan fingerprint density at radius 3 is 2.78 bits per heavy atom. The molecular formula is C12H11BrN2O3. The second-order valence-electron chi connectivity index (χ2n) is 3.45. The summed E-state index contributed by atoms with van der Waals surface area (Å²) in [6.45, 7) is 3.61. The van der Waals surface area contributed by atoms with Crippen molar-refractivity contribution in [2.75, 3.05) is 7.11 Å². The van der Waals surface area contributed by atoms with Gasteiger partial charge in [-0.25, -0.2) is 0 Å². The van der Waals surface area contributed by atoms with Gasteiger partial charge in [0, 0.05) is 11.6 Å². The number of nitriles is 1. The molecule has 0 amide bonds. The topological polar surface area (TPSA) is 76.2 Å². The number of rotatable bonds is 5. The summed E-state index contributed by atoms with van der Waals surface area (Å²) in [6, 6.07) is 3.30. The molecule has 0 bridgehead atoms. The van der Waals surface area contributed by atoms with Gasteiger partial charge in [-0.3, -0.25) is 10.1 Å². The molecule has 0 spiro atoms. The molecule has 1 aromatic carbocycles. The number of hydrogen-bond donors (Lipinski definition) is 0. The van der Waals surface area contributed by atoms with E-state index in [-0.39, 0.29) is 12.1 Å². The van der Waals surface area contributed by atoms with Crippen molar-refractivity contribution < 1.29 is 9.66 Å². The fraction of sp³-hybridized carbons (Fsp3) is 0.250. The molecule has 0 N–H and O–H groups in total. The highest BCUT2D eigenvalue weighted by atomic mass is 79.9. The summed E-state index contributed by atoms with van der Waals surface area (Å²) < 4.78 is 5.72. The summed E-state index contributed by atoms with van der Waals surface area (Å²) in [5.41, 5.74) is 0.915. The van der Waals surface area contributed by atoms with Crippen molar-refractivity contribution >= 4 is 21.6 Å². The fourth-order valence-corrected chi connectivity index (χ4v) is 2.35. The zero-order chi connectivity index (χ0) is 13.7. The van der Waals surface area contributed by atoms with E-state index >= 15 is 0 Å². The lowest BCUT2D eigenvalue weighted by Crippen LogP contribution is -2.03. The van der Waals surface area contributed by atoms with Gasteiger partial charge >= 0.3 is 0 Å². The van der Waals surface area contributed by atoms with Crippen LogP contribution in [0.2, 0.25) is 0 Å². The molecule has 0 aromatic heterocycles. The monoisotopic (exact) mass is 310 g/mol. The molecule has 0 saturated heterocycles. The van der Waals surface area contributed by atoms with Crippen LogP contribution in [-0.4, -0.2) is 12.0 Å². The third-order valence-corrected chi connectivity index (χ3v) is 3.02. The molecular weight excluding hydrogens is 300 g/mol. The van der Waals surface area contributed by atoms with Crippen LogP contribution in [0.25, 0.3) is 0 Å². The Balaban J connectivity index is 3.62. The number of ether oxygens (including phenoxy) is 1. The van der Waals surface area contributed by atoms with E-state index in [9.17, 15) is 10.1 Å². The molecule has 0 aliphatic rings. The van der Waals surface area contributed by atoms with Crippen molar-refractivity contribution in [3.63, 3.8) is 0 Å². The summed E-state index contributed by atoms with van der Waals surface area (Å²) in [4.78, 5) is 10.5.